The van der Waals surface area contributed by atoms with E-state index in [1.165, 1.54) is 23.4 Å². The number of aromatic nitrogens is 4. The van der Waals surface area contributed by atoms with Crippen LogP contribution >= 0.6 is 27.7 Å². The predicted molar refractivity (Wildman–Crippen MR) is 103 cm³/mol. The van der Waals surface area contributed by atoms with Crippen molar-refractivity contribution in [1.82, 2.24) is 18.7 Å². The molecule has 0 spiro atoms. The second-order valence-corrected chi connectivity index (χ2v) is 7.34. The maximum atomic E-state index is 12.7. The molecule has 0 atom stereocenters. The first-order valence-electron chi connectivity index (χ1n) is 7.41. The molecule has 2 aromatic heterocycles. The van der Waals surface area contributed by atoms with E-state index in [9.17, 15) is 9.59 Å². The minimum atomic E-state index is -0.405. The average Bonchev–Trinajstić information content (AvgIpc) is 2.95. The van der Waals surface area contributed by atoms with E-state index in [0.29, 0.717) is 28.6 Å². The molecule has 3 aromatic rings. The highest BCUT2D eigenvalue weighted by Gasteiger charge is 2.19. The largest absolute Gasteiger partial charge is 0.332 e. The van der Waals surface area contributed by atoms with Crippen LogP contribution in [0.5, 0.6) is 0 Å². The Morgan fingerprint density at radius 1 is 1.28 bits per heavy atom. The maximum absolute atomic E-state index is 12.7. The fourth-order valence-electron chi connectivity index (χ4n) is 2.61. The molecule has 128 valence electrons. The van der Waals surface area contributed by atoms with Crippen LogP contribution in [0.3, 0.4) is 0 Å². The monoisotopic (exact) mass is 418 g/mol. The second-order valence-electron chi connectivity index (χ2n) is 5.48. The van der Waals surface area contributed by atoms with Crippen LogP contribution in [0.25, 0.3) is 11.2 Å². The van der Waals surface area contributed by atoms with Crippen LogP contribution < -0.4 is 11.2 Å². The molecule has 8 heteroatoms. The number of hydrogen-bond acceptors (Lipinski definition) is 4. The van der Waals surface area contributed by atoms with Gasteiger partial charge >= 0.3 is 5.69 Å². The van der Waals surface area contributed by atoms with Crippen LogP contribution in [0.4, 0.5) is 0 Å². The van der Waals surface area contributed by atoms with E-state index in [1.54, 1.807) is 7.05 Å². The second kappa shape index (κ2) is 6.94. The van der Waals surface area contributed by atoms with E-state index in [0.717, 1.165) is 14.6 Å². The Kier molecular flexibility index (Phi) is 4.88. The van der Waals surface area contributed by atoms with Gasteiger partial charge in [0.05, 0.1) is 12.3 Å². The number of thioether (sulfide) groups is 1. The third kappa shape index (κ3) is 3.17. The van der Waals surface area contributed by atoms with Gasteiger partial charge in [-0.05, 0) is 17.7 Å². The molecule has 0 aliphatic heterocycles. The summed E-state index contributed by atoms with van der Waals surface area (Å²) in [6.07, 6.45) is 5.37. The lowest BCUT2D eigenvalue weighted by atomic mass is 10.2. The Balaban J connectivity index is 2.28. The van der Waals surface area contributed by atoms with Crippen LogP contribution in [0, 0.1) is 12.3 Å². The molecule has 3 rings (SSSR count). The van der Waals surface area contributed by atoms with Crippen molar-refractivity contribution in [3.05, 3.63) is 55.1 Å². The summed E-state index contributed by atoms with van der Waals surface area (Å²) < 4.78 is 5.25. The van der Waals surface area contributed by atoms with Gasteiger partial charge in [-0.2, -0.15) is 0 Å². The third-order valence-corrected chi connectivity index (χ3v) is 5.20. The molecule has 25 heavy (non-hydrogen) atoms. The maximum Gasteiger partial charge on any atom is 0.332 e. The predicted octanol–water partition coefficient (Wildman–Crippen LogP) is 1.97. The van der Waals surface area contributed by atoms with Crippen molar-refractivity contribution in [2.24, 2.45) is 14.1 Å². The molecule has 1 aromatic carbocycles. The molecule has 0 aliphatic carbocycles. The first kappa shape index (κ1) is 17.6. The zero-order valence-corrected chi connectivity index (χ0v) is 16.1. The standard InChI is InChI=1S/C17H15BrN4O2S/c1-4-8-25-16-19-14-13(15(23)21(3)17(24)20(14)2)22(16)10-11-6-5-7-12(18)9-11/h1,5-7,9H,8,10H2,2-3H3. The van der Waals surface area contributed by atoms with Crippen LogP contribution in [-0.2, 0) is 20.6 Å². The number of hydrogen-bond donors (Lipinski definition) is 0. The Morgan fingerprint density at radius 3 is 2.72 bits per heavy atom. The zero-order chi connectivity index (χ0) is 18.1. The molecule has 0 amide bonds. The molecule has 0 fully saturated rings. The van der Waals surface area contributed by atoms with Gasteiger partial charge in [-0.3, -0.25) is 13.9 Å². The summed E-state index contributed by atoms with van der Waals surface area (Å²) in [6.45, 7) is 0.455. The van der Waals surface area contributed by atoms with Gasteiger partial charge in [-0.1, -0.05) is 45.7 Å². The molecule has 6 nitrogen and oxygen atoms in total. The highest BCUT2D eigenvalue weighted by atomic mass is 79.9. The molecule has 0 saturated carbocycles. The van der Waals surface area contributed by atoms with Gasteiger partial charge in [0.2, 0.25) is 0 Å². The Morgan fingerprint density at radius 2 is 2.04 bits per heavy atom. The summed E-state index contributed by atoms with van der Waals surface area (Å²) in [7, 11) is 3.07. The zero-order valence-electron chi connectivity index (χ0n) is 13.7. The van der Waals surface area contributed by atoms with E-state index in [1.807, 2.05) is 28.8 Å². The van der Waals surface area contributed by atoms with Gasteiger partial charge in [0.15, 0.2) is 16.3 Å². The summed E-state index contributed by atoms with van der Waals surface area (Å²) in [5.41, 5.74) is 0.991. The molecule has 0 radical (unpaired) electrons. The summed E-state index contributed by atoms with van der Waals surface area (Å²) in [6, 6.07) is 7.82. The molecule has 0 aliphatic rings. The fraction of sp³-hybridized carbons (Fsp3) is 0.235. The molecule has 0 unspecified atom stereocenters. The number of nitrogens with zero attached hydrogens (tertiary/aromatic N) is 4. The van der Waals surface area contributed by atoms with Crippen molar-refractivity contribution >= 4 is 38.9 Å². The van der Waals surface area contributed by atoms with E-state index >= 15 is 0 Å². The average molecular weight is 419 g/mol. The van der Waals surface area contributed by atoms with Gasteiger partial charge in [0, 0.05) is 18.6 Å². The lowest BCUT2D eigenvalue weighted by Gasteiger charge is -2.09. The van der Waals surface area contributed by atoms with Gasteiger partial charge in [0.25, 0.3) is 5.56 Å². The lowest BCUT2D eigenvalue weighted by molar-refractivity contribution is 0.696. The third-order valence-electron chi connectivity index (χ3n) is 3.83. The Bertz CT molecular complexity index is 1120. The molecule has 0 N–H and O–H groups in total. The van der Waals surface area contributed by atoms with Crippen molar-refractivity contribution in [2.75, 3.05) is 5.75 Å². The first-order chi connectivity index (χ1) is 11.9. The number of halogens is 1. The van der Waals surface area contributed by atoms with Crippen LogP contribution in [0.1, 0.15) is 5.56 Å². The van der Waals surface area contributed by atoms with Crippen molar-refractivity contribution in [1.29, 1.82) is 0 Å². The minimum Gasteiger partial charge on any atom is -0.309 e. The van der Waals surface area contributed by atoms with E-state index in [2.05, 4.69) is 26.8 Å². The quantitative estimate of drug-likeness (QED) is 0.479. The lowest BCUT2D eigenvalue weighted by Crippen LogP contribution is -2.37. The topological polar surface area (TPSA) is 61.8 Å². The van der Waals surface area contributed by atoms with Gasteiger partial charge in [-0.15, -0.1) is 6.42 Å². The molecule has 0 saturated heterocycles. The number of terminal acetylenes is 1. The van der Waals surface area contributed by atoms with E-state index < -0.39 is 5.69 Å². The van der Waals surface area contributed by atoms with Crippen molar-refractivity contribution in [2.45, 2.75) is 11.7 Å². The van der Waals surface area contributed by atoms with Gasteiger partial charge in [-0.25, -0.2) is 9.78 Å². The van der Waals surface area contributed by atoms with Crippen LogP contribution in [0.15, 0.2) is 43.5 Å². The van der Waals surface area contributed by atoms with Crippen molar-refractivity contribution in [3.8, 4) is 12.3 Å². The molecular weight excluding hydrogens is 404 g/mol. The van der Waals surface area contributed by atoms with Gasteiger partial charge in [0.1, 0.15) is 0 Å². The van der Waals surface area contributed by atoms with Crippen molar-refractivity contribution < 1.29 is 0 Å². The Labute approximate surface area is 156 Å². The summed E-state index contributed by atoms with van der Waals surface area (Å²) >= 11 is 4.82. The van der Waals surface area contributed by atoms with Crippen molar-refractivity contribution in [3.63, 3.8) is 0 Å². The first-order valence-corrected chi connectivity index (χ1v) is 9.19. The van der Waals surface area contributed by atoms with Crippen LogP contribution in [0.2, 0.25) is 0 Å². The Hall–Kier alpha value is -2.24. The highest BCUT2D eigenvalue weighted by Crippen LogP contribution is 2.23. The number of benzene rings is 1. The summed E-state index contributed by atoms with van der Waals surface area (Å²) in [5, 5.41) is 0.617. The van der Waals surface area contributed by atoms with E-state index in [4.69, 9.17) is 6.42 Å². The fourth-order valence-corrected chi connectivity index (χ4v) is 3.73. The SMILES string of the molecule is C#CCSc1nc2c(c(=O)n(C)c(=O)n2C)n1Cc1cccc(Br)c1. The normalized spacial score (nSPS) is 11.0. The van der Waals surface area contributed by atoms with Gasteiger partial charge < -0.3 is 4.57 Å². The smallest absolute Gasteiger partial charge is 0.309 e. The number of aryl methyl sites for hydroxylation is 1. The number of rotatable bonds is 4. The summed E-state index contributed by atoms with van der Waals surface area (Å²) in [5.74, 6) is 2.99. The number of fused-ring (bicyclic) bond motifs is 1. The molecular formula is C17H15BrN4O2S. The minimum absolute atomic E-state index is 0.364. The van der Waals surface area contributed by atoms with E-state index in [-0.39, 0.29) is 5.56 Å². The van der Waals surface area contributed by atoms with Crippen LogP contribution in [-0.4, -0.2) is 24.4 Å². The molecule has 2 heterocycles. The molecule has 0 bridgehead atoms. The number of imidazole rings is 1. The summed E-state index contributed by atoms with van der Waals surface area (Å²) in [4.78, 5) is 29.4. The highest BCUT2D eigenvalue weighted by molar-refractivity contribution is 9.10.